The van der Waals surface area contributed by atoms with E-state index in [1.165, 1.54) is 0 Å². The van der Waals surface area contributed by atoms with Gasteiger partial charge >= 0.3 is 5.97 Å². The van der Waals surface area contributed by atoms with Crippen molar-refractivity contribution in [2.45, 2.75) is 64.6 Å². The minimum absolute atomic E-state index is 0.0881. The van der Waals surface area contributed by atoms with Crippen molar-refractivity contribution in [2.75, 3.05) is 31.2 Å². The van der Waals surface area contributed by atoms with Gasteiger partial charge in [-0.3, -0.25) is 9.59 Å². The fraction of sp³-hybridized carbons (Fsp3) is 0.609. The number of rotatable bonds is 10. The van der Waals surface area contributed by atoms with Gasteiger partial charge in [0.25, 0.3) is 11.8 Å². The van der Waals surface area contributed by atoms with Crippen molar-refractivity contribution in [3.05, 3.63) is 27.2 Å². The number of nitrogens with one attached hydrogen (secondary N) is 3. The number of ether oxygens (including phenoxy) is 2. The zero-order valence-electron chi connectivity index (χ0n) is 20.6. The maximum absolute atomic E-state index is 12.8. The van der Waals surface area contributed by atoms with Crippen LogP contribution < -0.4 is 15.5 Å². The van der Waals surface area contributed by atoms with Gasteiger partial charge in [-0.25, -0.2) is 14.8 Å². The number of nitrogens with zero attached hydrogens (tertiary/aromatic N) is 3. The number of piperidine rings is 1. The molecule has 0 bridgehead atoms. The van der Waals surface area contributed by atoms with E-state index in [-0.39, 0.29) is 53.0 Å². The molecule has 2 amide bonds. The Kier molecular flexibility index (Phi) is 8.47. The van der Waals surface area contributed by atoms with Gasteiger partial charge in [0.05, 0.1) is 24.4 Å². The minimum atomic E-state index is -0.561. The highest BCUT2D eigenvalue weighted by Gasteiger charge is 2.35. The predicted octanol–water partition coefficient (Wildman–Crippen LogP) is 2.56. The van der Waals surface area contributed by atoms with Crippen LogP contribution in [0.1, 0.15) is 76.5 Å². The van der Waals surface area contributed by atoms with E-state index in [1.54, 1.807) is 6.92 Å². The Balaban J connectivity index is 1.49. The molecule has 13 heteroatoms. The van der Waals surface area contributed by atoms with Crippen LogP contribution >= 0.6 is 22.9 Å². The quantitative estimate of drug-likeness (QED) is 0.392. The van der Waals surface area contributed by atoms with E-state index >= 15 is 0 Å². The lowest BCUT2D eigenvalue weighted by atomic mass is 10.0. The number of imidazole rings is 1. The maximum Gasteiger partial charge on any atom is 0.350 e. The number of hydrogen-bond acceptors (Lipinski definition) is 9. The van der Waals surface area contributed by atoms with Crippen molar-refractivity contribution in [3.63, 3.8) is 0 Å². The minimum Gasteiger partial charge on any atom is -0.462 e. The molecule has 1 saturated heterocycles. The topological polar surface area (TPSA) is 139 Å². The lowest BCUT2D eigenvalue weighted by Gasteiger charge is -2.38. The maximum atomic E-state index is 12.8. The largest absolute Gasteiger partial charge is 0.462 e. The van der Waals surface area contributed by atoms with Crippen LogP contribution in [-0.4, -0.2) is 77.2 Å². The second-order valence-electron chi connectivity index (χ2n) is 8.66. The van der Waals surface area contributed by atoms with Gasteiger partial charge in [-0.15, -0.1) is 0 Å². The molecule has 4 rings (SSSR count). The van der Waals surface area contributed by atoms with E-state index in [9.17, 15) is 14.4 Å². The third-order valence-corrected chi connectivity index (χ3v) is 7.44. The lowest BCUT2D eigenvalue weighted by Crippen LogP contribution is -2.55. The summed E-state index contributed by atoms with van der Waals surface area (Å²) in [5.74, 6) is -1.11. The van der Waals surface area contributed by atoms with Crippen molar-refractivity contribution >= 4 is 45.9 Å². The van der Waals surface area contributed by atoms with Gasteiger partial charge < -0.3 is 30.0 Å². The highest BCUT2D eigenvalue weighted by atomic mass is 35.5. The molecule has 3 N–H and O–H groups in total. The van der Waals surface area contributed by atoms with Gasteiger partial charge in [0, 0.05) is 25.7 Å². The molecule has 2 aromatic heterocycles. The van der Waals surface area contributed by atoms with Gasteiger partial charge in [-0.2, -0.15) is 0 Å². The molecule has 36 heavy (non-hydrogen) atoms. The molecule has 2 aliphatic rings. The first-order valence-corrected chi connectivity index (χ1v) is 13.4. The van der Waals surface area contributed by atoms with E-state index in [4.69, 9.17) is 21.1 Å². The summed E-state index contributed by atoms with van der Waals surface area (Å²) in [5.41, 5.74) is 0.797. The molecular weight excluding hydrogens is 508 g/mol. The second kappa shape index (κ2) is 11.6. The van der Waals surface area contributed by atoms with Gasteiger partial charge in [0.15, 0.2) is 21.8 Å². The van der Waals surface area contributed by atoms with Crippen LogP contribution in [0.4, 0.5) is 5.13 Å². The van der Waals surface area contributed by atoms with E-state index in [0.717, 1.165) is 24.2 Å². The molecule has 0 radical (unpaired) electrons. The van der Waals surface area contributed by atoms with Crippen LogP contribution in [0.25, 0.3) is 0 Å². The molecule has 3 heterocycles. The van der Waals surface area contributed by atoms with E-state index in [1.807, 2.05) is 18.7 Å². The standard InChI is InChI=1S/C23H31ClN6O5S/c1-4-13-18(24)29-19(26-13)21(32)27-14-9-10-30(11-15(14)34-5-2)23-28-16(20(31)25-12-7-8-12)17(36-23)22(33)35-6-3/h12,14-15H,4-11H2,1-3H3,(H,25,31)(H,26,29)(H,27,32). The van der Waals surface area contributed by atoms with Gasteiger partial charge in [0.1, 0.15) is 4.88 Å². The Morgan fingerprint density at radius 1 is 1.11 bits per heavy atom. The van der Waals surface area contributed by atoms with Gasteiger partial charge in [-0.1, -0.05) is 29.9 Å². The molecule has 2 aromatic rings. The molecule has 1 saturated carbocycles. The van der Waals surface area contributed by atoms with Crippen molar-refractivity contribution in [1.82, 2.24) is 25.6 Å². The number of hydrogen-bond donors (Lipinski definition) is 3. The fourth-order valence-corrected chi connectivity index (χ4v) is 5.28. The third-order valence-electron chi connectivity index (χ3n) is 6.03. The van der Waals surface area contributed by atoms with Crippen molar-refractivity contribution in [2.24, 2.45) is 0 Å². The SMILES string of the molecule is CCOC(=O)c1sc(N2CCC(NC(=O)c3nc(Cl)c(CC)[nH]3)C(OCC)C2)nc1C(=O)NC1CC1. The van der Waals surface area contributed by atoms with Gasteiger partial charge in [0.2, 0.25) is 0 Å². The Hall–Kier alpha value is -2.70. The molecular formula is C23H31ClN6O5S. The van der Waals surface area contributed by atoms with Crippen LogP contribution in [0, 0.1) is 0 Å². The molecule has 196 valence electrons. The zero-order chi connectivity index (χ0) is 25.8. The Labute approximate surface area is 218 Å². The Bertz CT molecular complexity index is 1120. The molecule has 2 atom stereocenters. The summed E-state index contributed by atoms with van der Waals surface area (Å²) in [5, 5.41) is 6.74. The molecule has 0 aromatic carbocycles. The number of H-pyrrole nitrogens is 1. The monoisotopic (exact) mass is 538 g/mol. The summed E-state index contributed by atoms with van der Waals surface area (Å²) >= 11 is 7.22. The first-order chi connectivity index (χ1) is 17.3. The van der Waals surface area contributed by atoms with Crippen LogP contribution in [-0.2, 0) is 15.9 Å². The van der Waals surface area contributed by atoms with Crippen LogP contribution in [0.2, 0.25) is 5.15 Å². The number of anilines is 1. The highest BCUT2D eigenvalue weighted by Crippen LogP contribution is 2.31. The third kappa shape index (κ3) is 5.98. The molecule has 2 unspecified atom stereocenters. The summed E-state index contributed by atoms with van der Waals surface area (Å²) in [6.07, 6.45) is 2.74. The van der Waals surface area contributed by atoms with Gasteiger partial charge in [-0.05, 0) is 39.5 Å². The fourth-order valence-electron chi connectivity index (χ4n) is 4.02. The van der Waals surface area contributed by atoms with E-state index in [2.05, 4.69) is 25.6 Å². The highest BCUT2D eigenvalue weighted by molar-refractivity contribution is 7.17. The number of thiazole rings is 1. The number of esters is 1. The summed E-state index contributed by atoms with van der Waals surface area (Å²) in [4.78, 5) is 51.9. The summed E-state index contributed by atoms with van der Waals surface area (Å²) in [6.45, 7) is 7.17. The number of carbonyl (C=O) groups is 3. The molecule has 1 aliphatic heterocycles. The Morgan fingerprint density at radius 3 is 2.53 bits per heavy atom. The molecule has 2 fully saturated rings. The molecule has 0 spiro atoms. The Morgan fingerprint density at radius 2 is 1.89 bits per heavy atom. The number of aromatic amines is 1. The first kappa shape index (κ1) is 26.4. The summed E-state index contributed by atoms with van der Waals surface area (Å²) in [6, 6.07) is -0.124. The smallest absolute Gasteiger partial charge is 0.350 e. The second-order valence-corrected chi connectivity index (χ2v) is 9.99. The molecule has 1 aliphatic carbocycles. The normalized spacial score (nSPS) is 19.7. The van der Waals surface area contributed by atoms with Crippen molar-refractivity contribution in [1.29, 1.82) is 0 Å². The molecule has 11 nitrogen and oxygen atoms in total. The average molecular weight is 539 g/mol. The lowest BCUT2D eigenvalue weighted by molar-refractivity contribution is 0.0271. The predicted molar refractivity (Wildman–Crippen MR) is 135 cm³/mol. The average Bonchev–Trinajstić information content (AvgIpc) is 3.41. The zero-order valence-corrected chi connectivity index (χ0v) is 22.1. The number of halogens is 1. The summed E-state index contributed by atoms with van der Waals surface area (Å²) in [7, 11) is 0. The van der Waals surface area contributed by atoms with Crippen molar-refractivity contribution in [3.8, 4) is 0 Å². The van der Waals surface area contributed by atoms with Crippen LogP contribution in [0.3, 0.4) is 0 Å². The summed E-state index contributed by atoms with van der Waals surface area (Å²) < 4.78 is 11.1. The first-order valence-electron chi connectivity index (χ1n) is 12.2. The number of aryl methyl sites for hydroxylation is 1. The van der Waals surface area contributed by atoms with Crippen LogP contribution in [0.15, 0.2) is 0 Å². The van der Waals surface area contributed by atoms with E-state index < -0.39 is 5.97 Å². The number of amides is 2. The van der Waals surface area contributed by atoms with E-state index in [0.29, 0.717) is 48.5 Å². The number of aromatic nitrogens is 3. The van der Waals surface area contributed by atoms with Crippen LogP contribution in [0.5, 0.6) is 0 Å². The van der Waals surface area contributed by atoms with Crippen molar-refractivity contribution < 1.29 is 23.9 Å². The number of carbonyl (C=O) groups excluding carboxylic acids is 3.